The molecule has 10 heteroatoms. The van der Waals surface area contributed by atoms with Crippen LogP contribution in [0.5, 0.6) is 0 Å². The van der Waals surface area contributed by atoms with Crippen molar-refractivity contribution in [3.8, 4) is 5.69 Å². The average Bonchev–Trinajstić information content (AvgIpc) is 3.29. The van der Waals surface area contributed by atoms with Gasteiger partial charge in [-0.1, -0.05) is 48.0 Å². The summed E-state index contributed by atoms with van der Waals surface area (Å²) in [6, 6.07) is 7.05. The quantitative estimate of drug-likeness (QED) is 0.334. The highest BCUT2D eigenvalue weighted by Crippen LogP contribution is 2.45. The van der Waals surface area contributed by atoms with Gasteiger partial charge in [-0.15, -0.1) is 0 Å². The molecule has 0 unspecified atom stereocenters. The topological polar surface area (TPSA) is 60.0 Å². The number of hydrogen-bond acceptors (Lipinski definition) is 3. The third-order valence-electron chi connectivity index (χ3n) is 4.66. The number of aryl methyl sites for hydroxylation is 1. The Hall–Kier alpha value is -2.55. The van der Waals surface area contributed by atoms with E-state index in [2.05, 4.69) is 5.10 Å². The fraction of sp³-hybridized carbons (Fsp3) is 0.143. The largest absolute Gasteiger partial charge is 0.478 e. The highest BCUT2D eigenvalue weighted by Gasteiger charge is 2.24. The Labute approximate surface area is 190 Å². The van der Waals surface area contributed by atoms with E-state index in [-0.39, 0.29) is 20.6 Å². The van der Waals surface area contributed by atoms with Crippen molar-refractivity contribution in [1.29, 1.82) is 0 Å². The lowest BCUT2D eigenvalue weighted by molar-refractivity contribution is 0.0691. The van der Waals surface area contributed by atoms with Gasteiger partial charge in [-0.25, -0.2) is 13.6 Å². The van der Waals surface area contributed by atoms with E-state index in [0.29, 0.717) is 22.5 Å². The Morgan fingerprint density at radius 2 is 1.97 bits per heavy atom. The number of fused-ring (bicyclic) bond motifs is 1. The van der Waals surface area contributed by atoms with Gasteiger partial charge < -0.3 is 5.11 Å². The zero-order valence-electron chi connectivity index (χ0n) is 16.1. The second kappa shape index (κ2) is 8.53. The number of carbonyl (C=O) groups is 1. The van der Waals surface area contributed by atoms with Crippen molar-refractivity contribution in [1.82, 2.24) is 14.3 Å². The first-order valence-electron chi connectivity index (χ1n) is 9.23. The molecule has 4 rings (SSSR count). The van der Waals surface area contributed by atoms with Crippen LogP contribution in [0, 0.1) is 11.6 Å². The molecule has 2 heterocycles. The van der Waals surface area contributed by atoms with Crippen LogP contribution in [0.4, 0.5) is 8.78 Å². The SMILES string of the molecule is CCCn1cc(-n2c(Cl)c(Sc3cccc(C(=O)O)c3F)c3ccc(Cl)c(F)c32)cn1. The summed E-state index contributed by atoms with van der Waals surface area (Å²) in [4.78, 5) is 11.7. The van der Waals surface area contributed by atoms with Gasteiger partial charge in [0.25, 0.3) is 0 Å². The van der Waals surface area contributed by atoms with Crippen molar-refractivity contribution in [3.05, 3.63) is 70.1 Å². The molecule has 4 aromatic rings. The van der Waals surface area contributed by atoms with Gasteiger partial charge in [-0.05, 0) is 30.7 Å². The first-order chi connectivity index (χ1) is 14.8. The molecule has 2 aromatic carbocycles. The van der Waals surface area contributed by atoms with E-state index in [0.717, 1.165) is 18.2 Å². The van der Waals surface area contributed by atoms with Crippen LogP contribution in [0.25, 0.3) is 16.6 Å². The first kappa shape index (κ1) is 21.7. The minimum absolute atomic E-state index is 0.0536. The predicted octanol–water partition coefficient (Wildman–Crippen LogP) is 6.67. The molecule has 31 heavy (non-hydrogen) atoms. The van der Waals surface area contributed by atoms with E-state index in [1.807, 2.05) is 6.92 Å². The molecular formula is C21H15Cl2F2N3O2S. The fourth-order valence-electron chi connectivity index (χ4n) is 3.28. The van der Waals surface area contributed by atoms with Gasteiger partial charge in [-0.2, -0.15) is 5.10 Å². The van der Waals surface area contributed by atoms with E-state index in [9.17, 15) is 14.3 Å². The maximum atomic E-state index is 15.1. The van der Waals surface area contributed by atoms with E-state index >= 15 is 4.39 Å². The molecule has 0 saturated heterocycles. The van der Waals surface area contributed by atoms with Gasteiger partial charge in [0.2, 0.25) is 0 Å². The average molecular weight is 482 g/mol. The highest BCUT2D eigenvalue weighted by atomic mass is 35.5. The van der Waals surface area contributed by atoms with Crippen molar-refractivity contribution in [2.75, 3.05) is 0 Å². The number of aromatic carboxylic acids is 1. The number of aromatic nitrogens is 3. The van der Waals surface area contributed by atoms with Crippen molar-refractivity contribution < 1.29 is 18.7 Å². The van der Waals surface area contributed by atoms with Crippen LogP contribution in [-0.4, -0.2) is 25.4 Å². The lowest BCUT2D eigenvalue weighted by Crippen LogP contribution is -2.01. The van der Waals surface area contributed by atoms with E-state index in [1.54, 1.807) is 23.1 Å². The minimum atomic E-state index is -1.38. The second-order valence-corrected chi connectivity index (χ2v) is 8.52. The summed E-state index contributed by atoms with van der Waals surface area (Å²) in [6.07, 6.45) is 4.15. The lowest BCUT2D eigenvalue weighted by atomic mass is 10.2. The Bertz CT molecular complexity index is 1320. The molecule has 0 radical (unpaired) electrons. The molecule has 5 nitrogen and oxygen atoms in total. The van der Waals surface area contributed by atoms with E-state index in [1.165, 1.54) is 28.8 Å². The maximum absolute atomic E-state index is 15.1. The third-order valence-corrected chi connectivity index (χ3v) is 6.57. The molecular weight excluding hydrogens is 467 g/mol. The van der Waals surface area contributed by atoms with Crippen LogP contribution in [0.1, 0.15) is 23.7 Å². The molecule has 0 spiro atoms. The van der Waals surface area contributed by atoms with Crippen molar-refractivity contribution in [2.45, 2.75) is 29.7 Å². The maximum Gasteiger partial charge on any atom is 0.338 e. The molecule has 160 valence electrons. The van der Waals surface area contributed by atoms with Crippen LogP contribution < -0.4 is 0 Å². The summed E-state index contributed by atoms with van der Waals surface area (Å²) in [6.45, 7) is 2.68. The molecule has 0 aliphatic carbocycles. The number of benzene rings is 2. The smallest absolute Gasteiger partial charge is 0.338 e. The van der Waals surface area contributed by atoms with Crippen LogP contribution in [0.3, 0.4) is 0 Å². The fourth-order valence-corrected chi connectivity index (χ4v) is 4.84. The number of nitrogens with zero attached hydrogens (tertiary/aromatic N) is 3. The number of hydrogen-bond donors (Lipinski definition) is 1. The Morgan fingerprint density at radius 1 is 1.19 bits per heavy atom. The zero-order valence-corrected chi connectivity index (χ0v) is 18.4. The standard InChI is InChI=1S/C21H15Cl2F2N3O2S/c1-2-8-27-10-11(9-26-27)28-18-13(6-7-14(22)17(18)25)19(20(28)23)31-15-5-3-4-12(16(15)24)21(29)30/h3-7,9-10H,2,8H2,1H3,(H,29,30). The monoisotopic (exact) mass is 481 g/mol. The summed E-state index contributed by atoms with van der Waals surface area (Å²) in [5.74, 6) is -2.94. The normalized spacial score (nSPS) is 11.4. The van der Waals surface area contributed by atoms with E-state index in [4.69, 9.17) is 23.2 Å². The molecule has 0 bridgehead atoms. The van der Waals surface area contributed by atoms with E-state index < -0.39 is 23.2 Å². The minimum Gasteiger partial charge on any atom is -0.478 e. The highest BCUT2D eigenvalue weighted by molar-refractivity contribution is 7.99. The van der Waals surface area contributed by atoms with Crippen molar-refractivity contribution >= 4 is 51.8 Å². The van der Waals surface area contributed by atoms with Crippen molar-refractivity contribution in [3.63, 3.8) is 0 Å². The van der Waals surface area contributed by atoms with Gasteiger partial charge >= 0.3 is 5.97 Å². The Balaban J connectivity index is 1.93. The van der Waals surface area contributed by atoms with Gasteiger partial charge in [0.1, 0.15) is 5.15 Å². The molecule has 1 N–H and O–H groups in total. The van der Waals surface area contributed by atoms with Crippen LogP contribution in [0.2, 0.25) is 10.2 Å². The number of carboxylic acids is 1. The van der Waals surface area contributed by atoms with Gasteiger partial charge in [0.15, 0.2) is 11.6 Å². The molecule has 0 aliphatic heterocycles. The van der Waals surface area contributed by atoms with Crippen molar-refractivity contribution in [2.24, 2.45) is 0 Å². The first-order valence-corrected chi connectivity index (χ1v) is 10.8. The zero-order chi connectivity index (χ0) is 22.3. The molecule has 2 aromatic heterocycles. The molecule has 0 atom stereocenters. The molecule has 0 aliphatic rings. The molecule has 0 amide bonds. The number of carboxylic acid groups (broad SMARTS) is 1. The summed E-state index contributed by atoms with van der Waals surface area (Å²) in [7, 11) is 0. The number of halogens is 4. The summed E-state index contributed by atoms with van der Waals surface area (Å²) < 4.78 is 33.0. The van der Waals surface area contributed by atoms with Crippen LogP contribution in [-0.2, 0) is 6.54 Å². The molecule has 0 fully saturated rings. The van der Waals surface area contributed by atoms with Gasteiger partial charge in [0, 0.05) is 23.0 Å². The van der Waals surface area contributed by atoms with Gasteiger partial charge in [-0.3, -0.25) is 9.25 Å². The summed E-state index contributed by atoms with van der Waals surface area (Å²) in [5, 5.41) is 13.9. The second-order valence-electron chi connectivity index (χ2n) is 6.70. The Kier molecular flexibility index (Phi) is 5.96. The lowest BCUT2D eigenvalue weighted by Gasteiger charge is -2.06. The third kappa shape index (κ3) is 3.79. The van der Waals surface area contributed by atoms with Crippen LogP contribution >= 0.6 is 35.0 Å². The summed E-state index contributed by atoms with van der Waals surface area (Å²) >= 11 is 13.6. The predicted molar refractivity (Wildman–Crippen MR) is 117 cm³/mol. The summed E-state index contributed by atoms with van der Waals surface area (Å²) in [5.41, 5.74) is 0.196. The number of rotatable bonds is 6. The van der Waals surface area contributed by atoms with Gasteiger partial charge in [0.05, 0.1) is 32.9 Å². The Morgan fingerprint density at radius 3 is 2.68 bits per heavy atom. The van der Waals surface area contributed by atoms with Crippen LogP contribution in [0.15, 0.2) is 52.5 Å². The molecule has 0 saturated carbocycles.